The number of rotatable bonds is 4. The Kier molecular flexibility index (Phi) is 4.98. The van der Waals surface area contributed by atoms with Gasteiger partial charge in [-0.3, -0.25) is 4.79 Å². The number of carbonyl (C=O) groups is 1. The van der Waals surface area contributed by atoms with Gasteiger partial charge in [-0.15, -0.1) is 0 Å². The number of amides is 1. The van der Waals surface area contributed by atoms with E-state index in [0.29, 0.717) is 10.9 Å². The molecule has 0 aromatic carbocycles. The third kappa shape index (κ3) is 3.43. The molecule has 116 valence electrons. The molecule has 0 saturated heterocycles. The van der Waals surface area contributed by atoms with Crippen LogP contribution in [-0.2, 0) is 11.3 Å². The molecule has 1 amide bonds. The lowest BCUT2D eigenvalue weighted by Crippen LogP contribution is -2.48. The molecule has 1 saturated carbocycles. The molecule has 21 heavy (non-hydrogen) atoms. The van der Waals surface area contributed by atoms with E-state index < -0.39 is 5.41 Å². The zero-order chi connectivity index (χ0) is 15.5. The number of aromatic nitrogens is 1. The molecule has 0 spiro atoms. The highest BCUT2D eigenvalue weighted by atomic mass is 32.1. The molecule has 1 fully saturated rings. The van der Waals surface area contributed by atoms with E-state index in [0.717, 1.165) is 50.0 Å². The molecule has 0 unspecified atom stereocenters. The quantitative estimate of drug-likeness (QED) is 0.660. The van der Waals surface area contributed by atoms with Crippen LogP contribution >= 0.6 is 12.2 Å². The number of hydrogen-bond donors (Lipinski definition) is 2. The van der Waals surface area contributed by atoms with Gasteiger partial charge in [0.2, 0.25) is 11.8 Å². The van der Waals surface area contributed by atoms with Gasteiger partial charge in [0.25, 0.3) is 0 Å². The summed E-state index contributed by atoms with van der Waals surface area (Å²) in [4.78, 5) is 17.2. The zero-order valence-electron chi connectivity index (χ0n) is 12.7. The van der Waals surface area contributed by atoms with E-state index in [2.05, 4.69) is 10.3 Å². The fraction of sp³-hybridized carbons (Fsp3) is 0.667. The van der Waals surface area contributed by atoms with Crippen LogP contribution in [0.4, 0.5) is 0 Å². The highest BCUT2D eigenvalue weighted by molar-refractivity contribution is 7.80. The Morgan fingerprint density at radius 2 is 1.95 bits per heavy atom. The van der Waals surface area contributed by atoms with Crippen molar-refractivity contribution < 1.29 is 9.21 Å². The van der Waals surface area contributed by atoms with Crippen molar-refractivity contribution in [3.63, 3.8) is 0 Å². The van der Waals surface area contributed by atoms with Crippen molar-refractivity contribution in [2.45, 2.75) is 58.9 Å². The van der Waals surface area contributed by atoms with E-state index in [4.69, 9.17) is 22.4 Å². The maximum Gasteiger partial charge on any atom is 0.233 e. The highest BCUT2D eigenvalue weighted by Crippen LogP contribution is 2.35. The van der Waals surface area contributed by atoms with E-state index in [1.165, 1.54) is 0 Å². The van der Waals surface area contributed by atoms with Crippen LogP contribution in [0, 0.1) is 19.3 Å². The third-order valence-electron chi connectivity index (χ3n) is 4.34. The molecule has 0 radical (unpaired) electrons. The second-order valence-electron chi connectivity index (χ2n) is 5.79. The van der Waals surface area contributed by atoms with Crippen molar-refractivity contribution in [1.82, 2.24) is 10.3 Å². The number of carbonyl (C=O) groups excluding carboxylic acids is 1. The summed E-state index contributed by atoms with van der Waals surface area (Å²) in [6, 6.07) is 0. The van der Waals surface area contributed by atoms with Crippen molar-refractivity contribution in [3.05, 3.63) is 17.3 Å². The van der Waals surface area contributed by atoms with Gasteiger partial charge in [-0.1, -0.05) is 37.9 Å². The minimum atomic E-state index is -0.706. The number of nitrogens with one attached hydrogen (secondary N) is 1. The number of oxazole rings is 1. The first-order valence-corrected chi connectivity index (χ1v) is 7.87. The monoisotopic (exact) mass is 309 g/mol. The van der Waals surface area contributed by atoms with Gasteiger partial charge in [0, 0.05) is 0 Å². The Labute approximate surface area is 130 Å². The van der Waals surface area contributed by atoms with Crippen LogP contribution < -0.4 is 11.1 Å². The van der Waals surface area contributed by atoms with Crippen molar-refractivity contribution in [3.8, 4) is 0 Å². The Morgan fingerprint density at radius 1 is 1.33 bits per heavy atom. The standard InChI is InChI=1S/C15H23N3O2S/c1-10-11(2)20-12(18-10)9-17-14(19)15(13(16)21)7-5-3-4-6-8-15/h3-9H2,1-2H3,(H2,16,21)(H,17,19). The van der Waals surface area contributed by atoms with Crippen LogP contribution in [-0.4, -0.2) is 15.9 Å². The molecule has 1 heterocycles. The van der Waals surface area contributed by atoms with Crippen LogP contribution in [0.1, 0.15) is 55.9 Å². The Hall–Kier alpha value is -1.43. The van der Waals surface area contributed by atoms with Gasteiger partial charge in [-0.2, -0.15) is 0 Å². The van der Waals surface area contributed by atoms with Gasteiger partial charge >= 0.3 is 0 Å². The summed E-state index contributed by atoms with van der Waals surface area (Å²) in [5.74, 6) is 1.20. The summed E-state index contributed by atoms with van der Waals surface area (Å²) in [6.45, 7) is 4.01. The summed E-state index contributed by atoms with van der Waals surface area (Å²) in [7, 11) is 0. The van der Waals surface area contributed by atoms with Gasteiger partial charge in [0.1, 0.15) is 5.76 Å². The summed E-state index contributed by atoms with van der Waals surface area (Å²) in [5.41, 5.74) is 6.04. The zero-order valence-corrected chi connectivity index (χ0v) is 13.5. The second-order valence-corrected chi connectivity index (χ2v) is 6.23. The Balaban J connectivity index is 2.06. The second kappa shape index (κ2) is 6.56. The molecule has 0 atom stereocenters. The predicted octanol–water partition coefficient (Wildman–Crippen LogP) is 2.53. The smallest absolute Gasteiger partial charge is 0.233 e. The minimum absolute atomic E-state index is 0.0922. The van der Waals surface area contributed by atoms with E-state index >= 15 is 0 Å². The molecule has 3 N–H and O–H groups in total. The van der Waals surface area contributed by atoms with E-state index in [1.807, 2.05) is 13.8 Å². The third-order valence-corrected chi connectivity index (χ3v) is 4.73. The van der Waals surface area contributed by atoms with Crippen LogP contribution in [0.25, 0.3) is 0 Å². The number of nitrogens with zero attached hydrogens (tertiary/aromatic N) is 1. The topological polar surface area (TPSA) is 81.2 Å². The molecular formula is C15H23N3O2S. The van der Waals surface area contributed by atoms with Crippen LogP contribution in [0.5, 0.6) is 0 Å². The summed E-state index contributed by atoms with van der Waals surface area (Å²) >= 11 is 5.20. The van der Waals surface area contributed by atoms with Crippen molar-refractivity contribution in [1.29, 1.82) is 0 Å². The molecule has 1 aromatic heterocycles. The molecule has 1 aromatic rings. The SMILES string of the molecule is Cc1nc(CNC(=O)C2(C(N)=S)CCCCCC2)oc1C. The van der Waals surface area contributed by atoms with Gasteiger partial charge in [0.05, 0.1) is 22.6 Å². The lowest BCUT2D eigenvalue weighted by molar-refractivity contribution is -0.128. The number of thiocarbonyl (C=S) groups is 1. The summed E-state index contributed by atoms with van der Waals surface area (Å²) < 4.78 is 5.48. The lowest BCUT2D eigenvalue weighted by Gasteiger charge is -2.29. The van der Waals surface area contributed by atoms with E-state index in [1.54, 1.807) is 0 Å². The van der Waals surface area contributed by atoms with Crippen LogP contribution in [0.2, 0.25) is 0 Å². The lowest BCUT2D eigenvalue weighted by atomic mass is 9.79. The summed E-state index contributed by atoms with van der Waals surface area (Å²) in [6.07, 6.45) is 5.71. The fourth-order valence-corrected chi connectivity index (χ4v) is 3.15. The van der Waals surface area contributed by atoms with E-state index in [9.17, 15) is 4.79 Å². The maximum absolute atomic E-state index is 12.6. The van der Waals surface area contributed by atoms with Crippen molar-refractivity contribution >= 4 is 23.1 Å². The normalized spacial score (nSPS) is 18.0. The number of aryl methyl sites for hydroxylation is 2. The average molecular weight is 309 g/mol. The largest absolute Gasteiger partial charge is 0.444 e. The van der Waals surface area contributed by atoms with Gasteiger partial charge in [-0.05, 0) is 26.7 Å². The minimum Gasteiger partial charge on any atom is -0.444 e. The number of nitrogens with two attached hydrogens (primary N) is 1. The predicted molar refractivity (Wildman–Crippen MR) is 84.7 cm³/mol. The van der Waals surface area contributed by atoms with Gasteiger partial charge in [0.15, 0.2) is 0 Å². The van der Waals surface area contributed by atoms with E-state index in [-0.39, 0.29) is 12.5 Å². The molecule has 2 rings (SSSR count). The van der Waals surface area contributed by atoms with Crippen molar-refractivity contribution in [2.24, 2.45) is 11.1 Å². The molecule has 5 nitrogen and oxygen atoms in total. The van der Waals surface area contributed by atoms with Crippen LogP contribution in [0.3, 0.4) is 0 Å². The Morgan fingerprint density at radius 3 is 2.43 bits per heavy atom. The van der Waals surface area contributed by atoms with Crippen LogP contribution in [0.15, 0.2) is 4.42 Å². The first-order chi connectivity index (χ1) is 9.95. The summed E-state index contributed by atoms with van der Waals surface area (Å²) in [5, 5.41) is 2.90. The fourth-order valence-electron chi connectivity index (χ4n) is 2.86. The number of hydrogen-bond acceptors (Lipinski definition) is 4. The molecule has 0 aliphatic heterocycles. The molecule has 0 bridgehead atoms. The highest BCUT2D eigenvalue weighted by Gasteiger charge is 2.41. The maximum atomic E-state index is 12.6. The average Bonchev–Trinajstić information content (AvgIpc) is 2.67. The van der Waals surface area contributed by atoms with Crippen molar-refractivity contribution in [2.75, 3.05) is 0 Å². The molecule has 1 aliphatic carbocycles. The Bertz CT molecular complexity index is 512. The molecular weight excluding hydrogens is 286 g/mol. The molecule has 1 aliphatic rings. The molecule has 6 heteroatoms. The van der Waals surface area contributed by atoms with Gasteiger partial charge in [-0.25, -0.2) is 4.98 Å². The first kappa shape index (κ1) is 15.9. The first-order valence-electron chi connectivity index (χ1n) is 7.47. The van der Waals surface area contributed by atoms with Gasteiger partial charge < -0.3 is 15.5 Å².